The van der Waals surface area contributed by atoms with E-state index in [0.29, 0.717) is 17.4 Å². The molecule has 5 heteroatoms. The van der Waals surface area contributed by atoms with E-state index in [9.17, 15) is 9.59 Å². The van der Waals surface area contributed by atoms with Gasteiger partial charge in [-0.15, -0.1) is 0 Å². The maximum Gasteiger partial charge on any atom is 0.262 e. The number of aryl methyl sites for hydroxylation is 1. The van der Waals surface area contributed by atoms with E-state index in [1.807, 2.05) is 25.1 Å². The fraction of sp³-hybridized carbons (Fsp3) is 0.364. The quantitative estimate of drug-likeness (QED) is 0.759. The molecule has 0 radical (unpaired) electrons. The van der Waals surface area contributed by atoms with Crippen LogP contribution in [0.1, 0.15) is 43.7 Å². The lowest BCUT2D eigenvalue weighted by molar-refractivity contribution is -0.118. The van der Waals surface area contributed by atoms with Crippen LogP contribution in [0.3, 0.4) is 0 Å². The van der Waals surface area contributed by atoms with Crippen LogP contribution in [0.2, 0.25) is 0 Å². The summed E-state index contributed by atoms with van der Waals surface area (Å²) >= 11 is 0. The molecule has 2 aromatic carbocycles. The molecule has 0 heterocycles. The van der Waals surface area contributed by atoms with E-state index in [0.717, 1.165) is 24.1 Å². The van der Waals surface area contributed by atoms with Crippen molar-refractivity contribution in [2.24, 2.45) is 5.92 Å². The number of ether oxygens (including phenoxy) is 1. The standard InChI is InChI=1S/C22H26N2O3/c1-14(2)20-11-10-19(12-15(20)3)27-13-21(25)23-17-6-8-18(9-7-17)24-22(26)16-4-5-16/h6-12,14,16H,4-5,13H2,1-3H3,(H,23,25)(H,24,26). The molecule has 27 heavy (non-hydrogen) atoms. The Morgan fingerprint density at radius 1 is 1.04 bits per heavy atom. The van der Waals surface area contributed by atoms with Crippen LogP contribution >= 0.6 is 0 Å². The topological polar surface area (TPSA) is 67.4 Å². The summed E-state index contributed by atoms with van der Waals surface area (Å²) in [6, 6.07) is 13.0. The molecule has 1 aliphatic rings. The number of benzene rings is 2. The van der Waals surface area contributed by atoms with Crippen molar-refractivity contribution >= 4 is 23.2 Å². The molecule has 0 saturated heterocycles. The van der Waals surface area contributed by atoms with E-state index in [4.69, 9.17) is 4.74 Å². The Kier molecular flexibility index (Phi) is 5.79. The zero-order valence-electron chi connectivity index (χ0n) is 16.0. The summed E-state index contributed by atoms with van der Waals surface area (Å²) in [5.74, 6) is 1.15. The van der Waals surface area contributed by atoms with Crippen molar-refractivity contribution in [2.45, 2.75) is 39.5 Å². The number of hydrogen-bond acceptors (Lipinski definition) is 3. The maximum atomic E-state index is 12.1. The van der Waals surface area contributed by atoms with Gasteiger partial charge in [-0.1, -0.05) is 19.9 Å². The predicted molar refractivity (Wildman–Crippen MR) is 107 cm³/mol. The van der Waals surface area contributed by atoms with E-state index in [-0.39, 0.29) is 24.3 Å². The molecule has 0 bridgehead atoms. The highest BCUT2D eigenvalue weighted by Gasteiger charge is 2.29. The van der Waals surface area contributed by atoms with E-state index >= 15 is 0 Å². The van der Waals surface area contributed by atoms with Crippen molar-refractivity contribution in [1.29, 1.82) is 0 Å². The number of anilines is 2. The van der Waals surface area contributed by atoms with Crippen molar-refractivity contribution in [2.75, 3.05) is 17.2 Å². The van der Waals surface area contributed by atoms with Crippen LogP contribution in [0.5, 0.6) is 5.75 Å². The van der Waals surface area contributed by atoms with E-state index < -0.39 is 0 Å². The molecule has 142 valence electrons. The van der Waals surface area contributed by atoms with Crippen molar-refractivity contribution < 1.29 is 14.3 Å². The fourth-order valence-corrected chi connectivity index (χ4v) is 2.96. The number of hydrogen-bond donors (Lipinski definition) is 2. The zero-order valence-corrected chi connectivity index (χ0v) is 16.0. The first kappa shape index (κ1) is 19.0. The minimum Gasteiger partial charge on any atom is -0.484 e. The summed E-state index contributed by atoms with van der Waals surface area (Å²) in [7, 11) is 0. The van der Waals surface area contributed by atoms with Gasteiger partial charge in [0.05, 0.1) is 0 Å². The highest BCUT2D eigenvalue weighted by molar-refractivity contribution is 5.95. The Bertz CT molecular complexity index is 824. The SMILES string of the molecule is Cc1cc(OCC(=O)Nc2ccc(NC(=O)C3CC3)cc2)ccc1C(C)C. The molecular formula is C22H26N2O3. The Hall–Kier alpha value is -2.82. The fourth-order valence-electron chi connectivity index (χ4n) is 2.96. The van der Waals surface area contributed by atoms with Crippen LogP contribution in [-0.2, 0) is 9.59 Å². The van der Waals surface area contributed by atoms with Gasteiger partial charge in [-0.25, -0.2) is 0 Å². The molecule has 0 atom stereocenters. The molecule has 1 aliphatic carbocycles. The maximum absolute atomic E-state index is 12.1. The van der Waals surface area contributed by atoms with Crippen molar-refractivity contribution in [3.63, 3.8) is 0 Å². The lowest BCUT2D eigenvalue weighted by Gasteiger charge is -2.12. The van der Waals surface area contributed by atoms with Gasteiger partial charge in [-0.2, -0.15) is 0 Å². The van der Waals surface area contributed by atoms with Crippen LogP contribution in [-0.4, -0.2) is 18.4 Å². The lowest BCUT2D eigenvalue weighted by Crippen LogP contribution is -2.20. The number of nitrogens with one attached hydrogen (secondary N) is 2. The monoisotopic (exact) mass is 366 g/mol. The largest absolute Gasteiger partial charge is 0.484 e. The number of carbonyl (C=O) groups excluding carboxylic acids is 2. The molecule has 1 saturated carbocycles. The zero-order chi connectivity index (χ0) is 19.4. The highest BCUT2D eigenvalue weighted by atomic mass is 16.5. The smallest absolute Gasteiger partial charge is 0.262 e. The Labute approximate surface area is 160 Å². The predicted octanol–water partition coefficient (Wildman–Crippen LogP) is 4.48. The average molecular weight is 366 g/mol. The molecule has 0 aliphatic heterocycles. The minimum absolute atomic E-state index is 0.0549. The third-order valence-corrected chi connectivity index (χ3v) is 4.62. The van der Waals surface area contributed by atoms with Crippen LogP contribution in [0, 0.1) is 12.8 Å². The second-order valence-electron chi connectivity index (χ2n) is 7.35. The molecule has 0 unspecified atom stereocenters. The molecule has 2 N–H and O–H groups in total. The molecule has 1 fully saturated rings. The summed E-state index contributed by atoms with van der Waals surface area (Å²) in [6.45, 7) is 6.30. The second-order valence-corrected chi connectivity index (χ2v) is 7.35. The van der Waals surface area contributed by atoms with Gasteiger partial charge in [-0.05, 0) is 73.2 Å². The third-order valence-electron chi connectivity index (χ3n) is 4.62. The Morgan fingerprint density at radius 3 is 2.22 bits per heavy atom. The minimum atomic E-state index is -0.227. The van der Waals surface area contributed by atoms with Crippen LogP contribution in [0.15, 0.2) is 42.5 Å². The molecule has 0 spiro atoms. The number of carbonyl (C=O) groups is 2. The first-order chi connectivity index (χ1) is 12.9. The molecule has 2 amide bonds. The van der Waals surface area contributed by atoms with Gasteiger partial charge < -0.3 is 15.4 Å². The van der Waals surface area contributed by atoms with Crippen LogP contribution in [0.25, 0.3) is 0 Å². The van der Waals surface area contributed by atoms with Crippen molar-refractivity contribution in [1.82, 2.24) is 0 Å². The first-order valence-corrected chi connectivity index (χ1v) is 9.36. The van der Waals surface area contributed by atoms with E-state index in [1.54, 1.807) is 24.3 Å². The van der Waals surface area contributed by atoms with Gasteiger partial charge >= 0.3 is 0 Å². The normalized spacial score (nSPS) is 13.3. The van der Waals surface area contributed by atoms with Gasteiger partial charge in [0.2, 0.25) is 5.91 Å². The summed E-state index contributed by atoms with van der Waals surface area (Å²) in [5, 5.41) is 5.67. The molecule has 0 aromatic heterocycles. The summed E-state index contributed by atoms with van der Waals surface area (Å²) in [5.41, 5.74) is 3.84. The Balaban J connectivity index is 1.48. The lowest BCUT2D eigenvalue weighted by atomic mass is 9.98. The molecule has 3 rings (SSSR count). The summed E-state index contributed by atoms with van der Waals surface area (Å²) < 4.78 is 5.60. The summed E-state index contributed by atoms with van der Waals surface area (Å²) in [6.07, 6.45) is 1.94. The molecule has 2 aromatic rings. The van der Waals surface area contributed by atoms with Gasteiger partial charge in [0.25, 0.3) is 5.91 Å². The van der Waals surface area contributed by atoms with Gasteiger partial charge in [0.15, 0.2) is 6.61 Å². The van der Waals surface area contributed by atoms with Gasteiger partial charge in [0, 0.05) is 17.3 Å². The van der Waals surface area contributed by atoms with Crippen molar-refractivity contribution in [3.05, 3.63) is 53.6 Å². The first-order valence-electron chi connectivity index (χ1n) is 9.36. The van der Waals surface area contributed by atoms with E-state index in [1.165, 1.54) is 5.56 Å². The highest BCUT2D eigenvalue weighted by Crippen LogP contribution is 2.30. The van der Waals surface area contributed by atoms with Gasteiger partial charge in [-0.3, -0.25) is 9.59 Å². The molecular weight excluding hydrogens is 340 g/mol. The third kappa shape index (κ3) is 5.33. The number of rotatable bonds is 7. The molecule has 5 nitrogen and oxygen atoms in total. The number of amides is 2. The van der Waals surface area contributed by atoms with Crippen molar-refractivity contribution in [3.8, 4) is 5.75 Å². The second kappa shape index (κ2) is 8.25. The van der Waals surface area contributed by atoms with Crippen LogP contribution < -0.4 is 15.4 Å². The average Bonchev–Trinajstić information content (AvgIpc) is 3.46. The summed E-state index contributed by atoms with van der Waals surface area (Å²) in [4.78, 5) is 23.8. The van der Waals surface area contributed by atoms with Crippen LogP contribution in [0.4, 0.5) is 11.4 Å². The van der Waals surface area contributed by atoms with Gasteiger partial charge in [0.1, 0.15) is 5.75 Å². The van der Waals surface area contributed by atoms with E-state index in [2.05, 4.69) is 24.5 Å². The Morgan fingerprint density at radius 2 is 1.67 bits per heavy atom.